The van der Waals surface area contributed by atoms with Crippen molar-refractivity contribution in [2.24, 2.45) is 17.3 Å². The Kier molecular flexibility index (Phi) is 8.35. The standard InChI is InChI=1S/C22H33NO5/c1-3-5-9-17(19(24)25)15-22(12-6-7-13-22)21(27)23-18-11-8-10-16(14-18)20(26)28-4-2/h16-18H,4,6-15H2,1-2H3,(H,23,27)(H,24,25)/t16-,17?,18+/m0/s1. The number of aliphatic carboxylic acids is 1. The molecular weight excluding hydrogens is 358 g/mol. The number of carbonyl (C=O) groups is 3. The second kappa shape index (κ2) is 10.5. The zero-order chi connectivity index (χ0) is 20.6. The van der Waals surface area contributed by atoms with Gasteiger partial charge in [0.15, 0.2) is 0 Å². The molecule has 0 radical (unpaired) electrons. The first kappa shape index (κ1) is 22.3. The molecule has 0 aromatic rings. The second-order valence-electron chi connectivity index (χ2n) is 8.14. The van der Waals surface area contributed by atoms with Crippen molar-refractivity contribution in [3.05, 3.63) is 0 Å². The van der Waals surface area contributed by atoms with Gasteiger partial charge in [0.05, 0.1) is 23.9 Å². The fourth-order valence-electron chi connectivity index (χ4n) is 4.65. The van der Waals surface area contributed by atoms with Crippen LogP contribution in [0, 0.1) is 29.1 Å². The van der Waals surface area contributed by atoms with E-state index in [9.17, 15) is 19.5 Å². The Morgan fingerprint density at radius 3 is 2.54 bits per heavy atom. The number of esters is 1. The molecule has 0 aromatic carbocycles. The molecule has 2 N–H and O–H groups in total. The smallest absolute Gasteiger partial charge is 0.308 e. The normalized spacial score (nSPS) is 24.5. The van der Waals surface area contributed by atoms with Crippen molar-refractivity contribution in [3.63, 3.8) is 0 Å². The predicted molar refractivity (Wildman–Crippen MR) is 105 cm³/mol. The van der Waals surface area contributed by atoms with Crippen molar-refractivity contribution < 1.29 is 24.2 Å². The SMILES string of the molecule is CC#CCC(CC1(C(=O)N[C@@H]2CCC[C@H](C(=O)OCC)C2)CCCC1)C(=O)O. The summed E-state index contributed by atoms with van der Waals surface area (Å²) in [4.78, 5) is 36.9. The van der Waals surface area contributed by atoms with Gasteiger partial charge in [-0.15, -0.1) is 11.8 Å². The summed E-state index contributed by atoms with van der Waals surface area (Å²) in [7, 11) is 0. The van der Waals surface area contributed by atoms with E-state index in [0.717, 1.165) is 44.9 Å². The number of carboxylic acids is 1. The molecule has 28 heavy (non-hydrogen) atoms. The number of hydrogen-bond donors (Lipinski definition) is 2. The van der Waals surface area contributed by atoms with E-state index >= 15 is 0 Å². The van der Waals surface area contributed by atoms with Gasteiger partial charge in [-0.2, -0.15) is 0 Å². The number of carbonyl (C=O) groups excluding carboxylic acids is 2. The van der Waals surface area contributed by atoms with Crippen molar-refractivity contribution in [2.75, 3.05) is 6.61 Å². The Balaban J connectivity index is 2.04. The maximum Gasteiger partial charge on any atom is 0.308 e. The van der Waals surface area contributed by atoms with Crippen LogP contribution in [0.1, 0.15) is 78.1 Å². The highest BCUT2D eigenvalue weighted by molar-refractivity contribution is 5.84. The van der Waals surface area contributed by atoms with E-state index in [2.05, 4.69) is 17.2 Å². The van der Waals surface area contributed by atoms with E-state index < -0.39 is 17.3 Å². The maximum atomic E-state index is 13.2. The molecule has 156 valence electrons. The summed E-state index contributed by atoms with van der Waals surface area (Å²) in [6.07, 6.45) is 7.05. The van der Waals surface area contributed by atoms with Gasteiger partial charge >= 0.3 is 11.9 Å². The molecule has 2 fully saturated rings. The molecular formula is C22H33NO5. The van der Waals surface area contributed by atoms with Crippen LogP contribution in [0.25, 0.3) is 0 Å². The van der Waals surface area contributed by atoms with Gasteiger partial charge in [-0.05, 0) is 52.4 Å². The van der Waals surface area contributed by atoms with Crippen LogP contribution >= 0.6 is 0 Å². The fraction of sp³-hybridized carbons (Fsp3) is 0.773. The van der Waals surface area contributed by atoms with Crippen molar-refractivity contribution in [3.8, 4) is 11.8 Å². The quantitative estimate of drug-likeness (QED) is 0.489. The third-order valence-electron chi connectivity index (χ3n) is 6.18. The highest BCUT2D eigenvalue weighted by Gasteiger charge is 2.45. The summed E-state index contributed by atoms with van der Waals surface area (Å²) in [5, 5.41) is 12.7. The van der Waals surface area contributed by atoms with Gasteiger partial charge in [-0.25, -0.2) is 0 Å². The number of nitrogens with one attached hydrogen (secondary N) is 1. The third kappa shape index (κ3) is 5.73. The Morgan fingerprint density at radius 1 is 1.21 bits per heavy atom. The molecule has 0 spiro atoms. The minimum absolute atomic E-state index is 0.0461. The summed E-state index contributed by atoms with van der Waals surface area (Å²) in [5.74, 6) is 3.71. The minimum Gasteiger partial charge on any atom is -0.481 e. The predicted octanol–water partition coefficient (Wildman–Crippen LogP) is 3.29. The highest BCUT2D eigenvalue weighted by Crippen LogP contribution is 2.44. The lowest BCUT2D eigenvalue weighted by Crippen LogP contribution is -2.47. The summed E-state index contributed by atoms with van der Waals surface area (Å²) in [6.45, 7) is 3.86. The number of carboxylic acid groups (broad SMARTS) is 1. The molecule has 2 aliphatic carbocycles. The largest absolute Gasteiger partial charge is 0.481 e. The van der Waals surface area contributed by atoms with Gasteiger partial charge in [-0.1, -0.05) is 19.3 Å². The zero-order valence-corrected chi connectivity index (χ0v) is 17.1. The van der Waals surface area contributed by atoms with Crippen LogP contribution in [-0.4, -0.2) is 35.6 Å². The van der Waals surface area contributed by atoms with Crippen molar-refractivity contribution >= 4 is 17.8 Å². The van der Waals surface area contributed by atoms with E-state index in [1.54, 1.807) is 13.8 Å². The van der Waals surface area contributed by atoms with E-state index in [0.29, 0.717) is 19.4 Å². The van der Waals surface area contributed by atoms with Crippen LogP contribution in [0.4, 0.5) is 0 Å². The first-order valence-corrected chi connectivity index (χ1v) is 10.5. The van der Waals surface area contributed by atoms with Gasteiger partial charge in [0.2, 0.25) is 5.91 Å². The average molecular weight is 392 g/mol. The Morgan fingerprint density at radius 2 is 1.93 bits per heavy atom. The molecule has 0 bridgehead atoms. The summed E-state index contributed by atoms with van der Waals surface area (Å²) in [5.41, 5.74) is -0.630. The second-order valence-corrected chi connectivity index (χ2v) is 8.14. The van der Waals surface area contributed by atoms with E-state index in [1.165, 1.54) is 0 Å². The Labute approximate surface area is 167 Å². The lowest BCUT2D eigenvalue weighted by molar-refractivity contribution is -0.150. The first-order valence-electron chi connectivity index (χ1n) is 10.5. The van der Waals surface area contributed by atoms with Gasteiger partial charge in [0.1, 0.15) is 0 Å². The van der Waals surface area contributed by atoms with Crippen LogP contribution in [0.3, 0.4) is 0 Å². The lowest BCUT2D eigenvalue weighted by Gasteiger charge is -2.34. The molecule has 2 saturated carbocycles. The fourth-order valence-corrected chi connectivity index (χ4v) is 4.65. The topological polar surface area (TPSA) is 92.7 Å². The molecule has 0 saturated heterocycles. The first-order chi connectivity index (χ1) is 13.4. The summed E-state index contributed by atoms with van der Waals surface area (Å²) in [6, 6.07) is -0.0492. The number of rotatable bonds is 8. The molecule has 6 nitrogen and oxygen atoms in total. The maximum absolute atomic E-state index is 13.2. The number of ether oxygens (including phenoxy) is 1. The molecule has 0 aliphatic heterocycles. The molecule has 0 aromatic heterocycles. The third-order valence-corrected chi connectivity index (χ3v) is 6.18. The molecule has 3 atom stereocenters. The molecule has 2 rings (SSSR count). The molecule has 6 heteroatoms. The van der Waals surface area contributed by atoms with E-state index in [4.69, 9.17) is 4.74 Å². The summed E-state index contributed by atoms with van der Waals surface area (Å²) < 4.78 is 5.14. The highest BCUT2D eigenvalue weighted by atomic mass is 16.5. The van der Waals surface area contributed by atoms with Gasteiger partial charge < -0.3 is 15.2 Å². The number of hydrogen-bond acceptors (Lipinski definition) is 4. The van der Waals surface area contributed by atoms with E-state index in [-0.39, 0.29) is 30.3 Å². The zero-order valence-electron chi connectivity index (χ0n) is 17.1. The Hall–Kier alpha value is -2.03. The van der Waals surface area contributed by atoms with Gasteiger partial charge in [-0.3, -0.25) is 14.4 Å². The van der Waals surface area contributed by atoms with Crippen LogP contribution in [-0.2, 0) is 19.1 Å². The lowest BCUT2D eigenvalue weighted by atomic mass is 9.75. The number of amides is 1. The van der Waals surface area contributed by atoms with Crippen molar-refractivity contribution in [1.29, 1.82) is 0 Å². The molecule has 2 aliphatic rings. The van der Waals surface area contributed by atoms with E-state index in [1.807, 2.05) is 0 Å². The molecule has 1 amide bonds. The average Bonchev–Trinajstić information content (AvgIpc) is 3.15. The van der Waals surface area contributed by atoms with Crippen molar-refractivity contribution in [2.45, 2.75) is 84.1 Å². The van der Waals surface area contributed by atoms with Gasteiger partial charge in [0.25, 0.3) is 0 Å². The van der Waals surface area contributed by atoms with Crippen LogP contribution in [0.2, 0.25) is 0 Å². The summed E-state index contributed by atoms with van der Waals surface area (Å²) >= 11 is 0. The van der Waals surface area contributed by atoms with Crippen LogP contribution < -0.4 is 5.32 Å². The van der Waals surface area contributed by atoms with Crippen LogP contribution in [0.15, 0.2) is 0 Å². The minimum atomic E-state index is -0.887. The van der Waals surface area contributed by atoms with Gasteiger partial charge in [0, 0.05) is 12.5 Å². The van der Waals surface area contributed by atoms with Crippen LogP contribution in [0.5, 0.6) is 0 Å². The van der Waals surface area contributed by atoms with Crippen molar-refractivity contribution in [1.82, 2.24) is 5.32 Å². The monoisotopic (exact) mass is 391 g/mol. The molecule has 0 heterocycles. The molecule has 1 unspecified atom stereocenters. The Bertz CT molecular complexity index is 627.